The van der Waals surface area contributed by atoms with Gasteiger partial charge in [0.15, 0.2) is 6.10 Å². The minimum Gasteiger partial charge on any atom is -0.479 e. The average Bonchev–Trinajstić information content (AvgIpc) is 2.14. The van der Waals surface area contributed by atoms with E-state index in [4.69, 9.17) is 10.2 Å². The molecule has 0 aliphatic rings. The van der Waals surface area contributed by atoms with Crippen molar-refractivity contribution in [2.75, 3.05) is 0 Å². The normalized spacial score (nSPS) is 12.6. The zero-order chi connectivity index (χ0) is 12.3. The molecule has 0 radical (unpaired) electrons. The van der Waals surface area contributed by atoms with Gasteiger partial charge in [0.05, 0.1) is 0 Å². The lowest BCUT2D eigenvalue weighted by molar-refractivity contribution is -0.146. The van der Waals surface area contributed by atoms with Gasteiger partial charge in [-0.15, -0.1) is 0 Å². The summed E-state index contributed by atoms with van der Waals surface area (Å²) in [7, 11) is 0. The molecule has 0 aromatic heterocycles. The van der Waals surface area contributed by atoms with Crippen molar-refractivity contribution in [2.24, 2.45) is 0 Å². The number of alkyl halides is 2. The molecule has 2 N–H and O–H groups in total. The molecule has 1 atom stereocenters. The van der Waals surface area contributed by atoms with Crippen LogP contribution in [0.3, 0.4) is 0 Å². The monoisotopic (exact) mass is 236 g/mol. The molecular formula is C9H7F3O4. The molecule has 0 amide bonds. The number of hydrogen-bond acceptors (Lipinski definition) is 3. The topological polar surface area (TPSA) is 66.8 Å². The van der Waals surface area contributed by atoms with Gasteiger partial charge in [-0.25, -0.2) is 9.18 Å². The summed E-state index contributed by atoms with van der Waals surface area (Å²) in [5.74, 6) is -3.15. The van der Waals surface area contributed by atoms with E-state index in [9.17, 15) is 18.0 Å². The average molecular weight is 236 g/mol. The molecular weight excluding hydrogens is 229 g/mol. The summed E-state index contributed by atoms with van der Waals surface area (Å²) >= 11 is 0. The summed E-state index contributed by atoms with van der Waals surface area (Å²) in [6.45, 7) is -3.16. The third-order valence-corrected chi connectivity index (χ3v) is 1.67. The Labute approximate surface area is 87.9 Å². The van der Waals surface area contributed by atoms with Crippen LogP contribution < -0.4 is 4.74 Å². The Bertz CT molecular complexity index is 394. The van der Waals surface area contributed by atoms with Gasteiger partial charge in [-0.2, -0.15) is 8.78 Å². The van der Waals surface area contributed by atoms with Gasteiger partial charge in [-0.3, -0.25) is 0 Å². The molecule has 4 nitrogen and oxygen atoms in total. The maximum Gasteiger partial charge on any atom is 0.387 e. The van der Waals surface area contributed by atoms with E-state index in [0.717, 1.165) is 12.1 Å². The molecule has 1 rings (SSSR count). The zero-order valence-corrected chi connectivity index (χ0v) is 7.73. The lowest BCUT2D eigenvalue weighted by atomic mass is 10.1. The molecule has 0 saturated carbocycles. The quantitative estimate of drug-likeness (QED) is 0.832. The van der Waals surface area contributed by atoms with E-state index < -0.39 is 30.3 Å². The van der Waals surface area contributed by atoms with E-state index in [0.29, 0.717) is 6.07 Å². The number of ether oxygens (including phenoxy) is 1. The first kappa shape index (κ1) is 12.3. The molecule has 1 aromatic carbocycles. The van der Waals surface area contributed by atoms with Crippen molar-refractivity contribution in [1.82, 2.24) is 0 Å². The van der Waals surface area contributed by atoms with Gasteiger partial charge in [-0.05, 0) is 17.7 Å². The maximum atomic E-state index is 12.9. The highest BCUT2D eigenvalue weighted by Gasteiger charge is 2.18. The van der Waals surface area contributed by atoms with E-state index in [1.165, 1.54) is 0 Å². The maximum absolute atomic E-state index is 12.9. The smallest absolute Gasteiger partial charge is 0.387 e. The first-order chi connectivity index (χ1) is 7.40. The second-order valence-corrected chi connectivity index (χ2v) is 2.84. The summed E-state index contributed by atoms with van der Waals surface area (Å²) < 4.78 is 40.4. The molecule has 0 aliphatic heterocycles. The van der Waals surface area contributed by atoms with Gasteiger partial charge in [0.1, 0.15) is 11.6 Å². The second kappa shape index (κ2) is 4.84. The van der Waals surface area contributed by atoms with Gasteiger partial charge in [0, 0.05) is 6.07 Å². The Kier molecular flexibility index (Phi) is 3.73. The van der Waals surface area contributed by atoms with Crippen LogP contribution in [0, 0.1) is 5.82 Å². The van der Waals surface area contributed by atoms with Crippen molar-refractivity contribution in [1.29, 1.82) is 0 Å². The van der Waals surface area contributed by atoms with Crippen LogP contribution in [0.15, 0.2) is 18.2 Å². The third-order valence-electron chi connectivity index (χ3n) is 1.67. The molecule has 0 aliphatic carbocycles. The lowest BCUT2D eigenvalue weighted by Crippen LogP contribution is -2.11. The first-order valence-corrected chi connectivity index (χ1v) is 4.06. The molecule has 0 bridgehead atoms. The van der Waals surface area contributed by atoms with Gasteiger partial charge >= 0.3 is 12.6 Å². The third kappa shape index (κ3) is 3.13. The molecule has 0 heterocycles. The largest absolute Gasteiger partial charge is 0.479 e. The highest BCUT2D eigenvalue weighted by atomic mass is 19.3. The predicted molar refractivity (Wildman–Crippen MR) is 45.6 cm³/mol. The second-order valence-electron chi connectivity index (χ2n) is 2.84. The summed E-state index contributed by atoms with van der Waals surface area (Å²) in [5, 5.41) is 17.5. The van der Waals surface area contributed by atoms with Crippen LogP contribution in [0.25, 0.3) is 0 Å². The summed E-state index contributed by atoms with van der Waals surface area (Å²) in [6.07, 6.45) is -1.99. The fourth-order valence-electron chi connectivity index (χ4n) is 1.06. The number of carboxylic acid groups (broad SMARTS) is 1. The van der Waals surface area contributed by atoms with E-state index in [2.05, 4.69) is 4.74 Å². The van der Waals surface area contributed by atoms with Gasteiger partial charge < -0.3 is 14.9 Å². The van der Waals surface area contributed by atoms with Crippen LogP contribution in [0.4, 0.5) is 13.2 Å². The zero-order valence-electron chi connectivity index (χ0n) is 7.73. The van der Waals surface area contributed by atoms with Crippen molar-refractivity contribution >= 4 is 5.97 Å². The molecule has 7 heteroatoms. The Morgan fingerprint density at radius 2 is 1.94 bits per heavy atom. The highest BCUT2D eigenvalue weighted by molar-refractivity contribution is 5.74. The van der Waals surface area contributed by atoms with Crippen molar-refractivity contribution in [3.8, 4) is 5.75 Å². The van der Waals surface area contributed by atoms with Crippen LogP contribution >= 0.6 is 0 Å². The Balaban J connectivity index is 3.02. The fraction of sp³-hybridized carbons (Fsp3) is 0.222. The van der Waals surface area contributed by atoms with E-state index in [1.54, 1.807) is 0 Å². The molecule has 0 saturated heterocycles. The van der Waals surface area contributed by atoms with Crippen LogP contribution in [0.5, 0.6) is 5.75 Å². The number of carbonyl (C=O) groups is 1. The summed E-state index contributed by atoms with van der Waals surface area (Å²) in [4.78, 5) is 10.4. The summed E-state index contributed by atoms with van der Waals surface area (Å²) in [6, 6.07) is 2.20. The number of aliphatic carboxylic acids is 1. The number of rotatable bonds is 4. The Hall–Kier alpha value is -1.76. The van der Waals surface area contributed by atoms with Gasteiger partial charge in [0.25, 0.3) is 0 Å². The van der Waals surface area contributed by atoms with Crippen molar-refractivity contribution in [3.63, 3.8) is 0 Å². The van der Waals surface area contributed by atoms with E-state index in [-0.39, 0.29) is 5.56 Å². The van der Waals surface area contributed by atoms with Crippen molar-refractivity contribution in [3.05, 3.63) is 29.6 Å². The van der Waals surface area contributed by atoms with E-state index in [1.807, 2.05) is 0 Å². The molecule has 1 unspecified atom stereocenters. The Morgan fingerprint density at radius 3 is 2.44 bits per heavy atom. The SMILES string of the molecule is O=C(O)C(O)c1cc(F)cc(OC(F)F)c1. The van der Waals surface area contributed by atoms with Crippen LogP contribution in [-0.2, 0) is 4.79 Å². The lowest BCUT2D eigenvalue weighted by Gasteiger charge is -2.09. The van der Waals surface area contributed by atoms with Crippen molar-refractivity contribution in [2.45, 2.75) is 12.7 Å². The number of benzene rings is 1. The molecule has 88 valence electrons. The molecule has 0 spiro atoms. The number of carboxylic acids is 1. The molecule has 16 heavy (non-hydrogen) atoms. The highest BCUT2D eigenvalue weighted by Crippen LogP contribution is 2.23. The van der Waals surface area contributed by atoms with Crippen molar-refractivity contribution < 1.29 is 32.9 Å². The number of hydrogen-bond donors (Lipinski definition) is 2. The Morgan fingerprint density at radius 1 is 1.31 bits per heavy atom. The fourth-order valence-corrected chi connectivity index (χ4v) is 1.06. The first-order valence-electron chi connectivity index (χ1n) is 4.06. The van der Waals surface area contributed by atoms with Crippen LogP contribution in [-0.4, -0.2) is 22.8 Å². The van der Waals surface area contributed by atoms with Gasteiger partial charge in [0.2, 0.25) is 0 Å². The van der Waals surface area contributed by atoms with Gasteiger partial charge in [-0.1, -0.05) is 0 Å². The standard InChI is InChI=1S/C9H7F3O4/c10-5-1-4(7(13)8(14)15)2-6(3-5)16-9(11)12/h1-3,7,9,13H,(H,14,15). The minimum atomic E-state index is -3.16. The predicted octanol–water partition coefficient (Wildman–Crippen LogP) is 1.55. The number of aliphatic hydroxyl groups excluding tert-OH is 1. The number of halogens is 3. The number of aliphatic hydroxyl groups is 1. The van der Waals surface area contributed by atoms with Crippen LogP contribution in [0.2, 0.25) is 0 Å². The summed E-state index contributed by atoms with van der Waals surface area (Å²) in [5.41, 5.74) is -0.372. The minimum absolute atomic E-state index is 0.372. The van der Waals surface area contributed by atoms with Crippen LogP contribution in [0.1, 0.15) is 11.7 Å². The molecule has 1 aromatic rings. The molecule has 0 fully saturated rings. The van der Waals surface area contributed by atoms with E-state index >= 15 is 0 Å².